The first-order chi connectivity index (χ1) is 7.79. The molecule has 2 heteroatoms. The van der Waals surface area contributed by atoms with Crippen molar-refractivity contribution in [1.29, 1.82) is 0 Å². The monoisotopic (exact) mass is 218 g/mol. The first-order valence-electron chi connectivity index (χ1n) is 6.41. The summed E-state index contributed by atoms with van der Waals surface area (Å²) in [7, 11) is 0. The van der Waals surface area contributed by atoms with E-state index in [0.29, 0.717) is 6.17 Å². The van der Waals surface area contributed by atoms with Crippen LogP contribution in [0.2, 0.25) is 0 Å². The molecule has 0 fully saturated rings. The second-order valence-electron chi connectivity index (χ2n) is 4.51. The van der Waals surface area contributed by atoms with E-state index in [1.54, 1.807) is 0 Å². The highest BCUT2D eigenvalue weighted by molar-refractivity contribution is 5.77. The summed E-state index contributed by atoms with van der Waals surface area (Å²) in [6.07, 6.45) is 2.93. The lowest BCUT2D eigenvalue weighted by Crippen LogP contribution is -2.41. The van der Waals surface area contributed by atoms with Gasteiger partial charge in [0.1, 0.15) is 0 Å². The van der Waals surface area contributed by atoms with Gasteiger partial charge in [-0.2, -0.15) is 0 Å². The Labute approximate surface area is 98.9 Å². The Balaban J connectivity index is 2.32. The summed E-state index contributed by atoms with van der Waals surface area (Å²) >= 11 is 0. The van der Waals surface area contributed by atoms with Crippen molar-refractivity contribution in [1.82, 2.24) is 0 Å². The van der Waals surface area contributed by atoms with E-state index in [1.807, 2.05) is 0 Å². The molecule has 1 heterocycles. The van der Waals surface area contributed by atoms with Crippen LogP contribution < -0.4 is 9.80 Å². The van der Waals surface area contributed by atoms with E-state index in [9.17, 15) is 0 Å². The predicted octanol–water partition coefficient (Wildman–Crippen LogP) is 3.48. The fourth-order valence-corrected chi connectivity index (χ4v) is 2.62. The van der Waals surface area contributed by atoms with Crippen LogP contribution in [0.15, 0.2) is 24.3 Å². The summed E-state index contributed by atoms with van der Waals surface area (Å²) < 4.78 is 0. The van der Waals surface area contributed by atoms with E-state index in [1.165, 1.54) is 24.2 Å². The lowest BCUT2D eigenvalue weighted by atomic mass is 10.2. The van der Waals surface area contributed by atoms with Gasteiger partial charge in [0.15, 0.2) is 0 Å². The Morgan fingerprint density at radius 2 is 1.38 bits per heavy atom. The Hall–Kier alpha value is -1.18. The highest BCUT2D eigenvalue weighted by Gasteiger charge is 2.30. The van der Waals surface area contributed by atoms with Gasteiger partial charge in [-0.1, -0.05) is 26.0 Å². The third-order valence-corrected chi connectivity index (χ3v) is 3.33. The molecular weight excluding hydrogens is 196 g/mol. The SMILES string of the molecule is CCCN1c2ccccc2N(CCC)C1C. The molecule has 0 amide bonds. The van der Waals surface area contributed by atoms with Crippen LogP contribution in [0.3, 0.4) is 0 Å². The Morgan fingerprint density at radius 3 is 1.75 bits per heavy atom. The van der Waals surface area contributed by atoms with Gasteiger partial charge in [0, 0.05) is 13.1 Å². The molecule has 1 aromatic carbocycles. The van der Waals surface area contributed by atoms with E-state index >= 15 is 0 Å². The third kappa shape index (κ3) is 1.77. The Kier molecular flexibility index (Phi) is 3.37. The number of hydrogen-bond acceptors (Lipinski definition) is 2. The zero-order valence-electron chi connectivity index (χ0n) is 10.6. The second-order valence-corrected chi connectivity index (χ2v) is 4.51. The minimum absolute atomic E-state index is 0.511. The molecule has 0 aliphatic carbocycles. The summed E-state index contributed by atoms with van der Waals surface area (Å²) in [6.45, 7) is 9.11. The number of hydrogen-bond donors (Lipinski definition) is 0. The van der Waals surface area contributed by atoms with Crippen LogP contribution in [-0.4, -0.2) is 19.3 Å². The summed E-state index contributed by atoms with van der Waals surface area (Å²) in [5.74, 6) is 0. The van der Waals surface area contributed by atoms with Crippen molar-refractivity contribution < 1.29 is 0 Å². The van der Waals surface area contributed by atoms with Gasteiger partial charge in [-0.15, -0.1) is 0 Å². The summed E-state index contributed by atoms with van der Waals surface area (Å²) in [4.78, 5) is 5.04. The molecule has 1 aromatic rings. The van der Waals surface area contributed by atoms with E-state index in [2.05, 4.69) is 54.8 Å². The quantitative estimate of drug-likeness (QED) is 0.763. The summed E-state index contributed by atoms with van der Waals surface area (Å²) in [6, 6.07) is 8.78. The maximum absolute atomic E-state index is 2.52. The highest BCUT2D eigenvalue weighted by Crippen LogP contribution is 2.39. The molecule has 88 valence electrons. The van der Waals surface area contributed by atoms with Gasteiger partial charge in [0.25, 0.3) is 0 Å². The molecule has 1 aliphatic rings. The molecule has 16 heavy (non-hydrogen) atoms. The van der Waals surface area contributed by atoms with Crippen LogP contribution in [-0.2, 0) is 0 Å². The largest absolute Gasteiger partial charge is 0.350 e. The van der Waals surface area contributed by atoms with Gasteiger partial charge in [-0.05, 0) is 31.9 Å². The molecular formula is C14H22N2. The molecule has 0 saturated heterocycles. The van der Waals surface area contributed by atoms with Crippen molar-refractivity contribution in [3.63, 3.8) is 0 Å². The van der Waals surface area contributed by atoms with Crippen molar-refractivity contribution in [3.8, 4) is 0 Å². The number of nitrogens with zero attached hydrogens (tertiary/aromatic N) is 2. The van der Waals surface area contributed by atoms with Gasteiger partial charge < -0.3 is 9.80 Å². The van der Waals surface area contributed by atoms with Crippen LogP contribution in [0.25, 0.3) is 0 Å². The van der Waals surface area contributed by atoms with Gasteiger partial charge in [-0.3, -0.25) is 0 Å². The first kappa shape index (κ1) is 11.3. The van der Waals surface area contributed by atoms with Gasteiger partial charge in [0.2, 0.25) is 0 Å². The zero-order chi connectivity index (χ0) is 11.5. The van der Waals surface area contributed by atoms with E-state index in [4.69, 9.17) is 0 Å². The maximum atomic E-state index is 2.52. The number of benzene rings is 1. The molecule has 2 nitrogen and oxygen atoms in total. The predicted molar refractivity (Wildman–Crippen MR) is 71.2 cm³/mol. The molecule has 0 unspecified atom stereocenters. The van der Waals surface area contributed by atoms with E-state index < -0.39 is 0 Å². The topological polar surface area (TPSA) is 6.48 Å². The van der Waals surface area contributed by atoms with Crippen LogP contribution in [0.4, 0.5) is 11.4 Å². The van der Waals surface area contributed by atoms with Crippen molar-refractivity contribution in [3.05, 3.63) is 24.3 Å². The molecule has 0 radical (unpaired) electrons. The smallest absolute Gasteiger partial charge is 0.0988 e. The number of para-hydroxylation sites is 2. The average molecular weight is 218 g/mol. The van der Waals surface area contributed by atoms with Crippen molar-refractivity contribution >= 4 is 11.4 Å². The second kappa shape index (κ2) is 4.77. The minimum atomic E-state index is 0.511. The van der Waals surface area contributed by atoms with Gasteiger partial charge >= 0.3 is 0 Å². The van der Waals surface area contributed by atoms with Crippen LogP contribution >= 0.6 is 0 Å². The fraction of sp³-hybridized carbons (Fsp3) is 0.571. The number of fused-ring (bicyclic) bond motifs is 1. The zero-order valence-corrected chi connectivity index (χ0v) is 10.6. The molecule has 0 atom stereocenters. The standard InChI is InChI=1S/C14H22N2/c1-4-10-15-12(3)16(11-5-2)14-9-7-6-8-13(14)15/h6-9,12H,4-5,10-11H2,1-3H3. The molecule has 0 N–H and O–H groups in total. The normalized spacial score (nSPS) is 15.7. The van der Waals surface area contributed by atoms with Crippen LogP contribution in [0.1, 0.15) is 33.6 Å². The molecule has 2 rings (SSSR count). The van der Waals surface area contributed by atoms with E-state index in [-0.39, 0.29) is 0 Å². The van der Waals surface area contributed by atoms with Crippen molar-refractivity contribution in [2.24, 2.45) is 0 Å². The van der Waals surface area contributed by atoms with Crippen LogP contribution in [0, 0.1) is 0 Å². The summed E-state index contributed by atoms with van der Waals surface area (Å²) in [5, 5.41) is 0. The lowest BCUT2D eigenvalue weighted by molar-refractivity contribution is 0.609. The number of anilines is 2. The molecule has 0 saturated carbocycles. The summed E-state index contributed by atoms with van der Waals surface area (Å²) in [5.41, 5.74) is 2.82. The fourth-order valence-electron chi connectivity index (χ4n) is 2.62. The molecule has 0 spiro atoms. The van der Waals surface area contributed by atoms with Crippen LogP contribution in [0.5, 0.6) is 0 Å². The molecule has 0 aromatic heterocycles. The van der Waals surface area contributed by atoms with Gasteiger partial charge in [0.05, 0.1) is 17.5 Å². The minimum Gasteiger partial charge on any atom is -0.350 e. The third-order valence-electron chi connectivity index (χ3n) is 3.33. The molecule has 0 bridgehead atoms. The van der Waals surface area contributed by atoms with Crippen molar-refractivity contribution in [2.45, 2.75) is 39.8 Å². The van der Waals surface area contributed by atoms with Crippen molar-refractivity contribution in [2.75, 3.05) is 22.9 Å². The Morgan fingerprint density at radius 1 is 0.938 bits per heavy atom. The maximum Gasteiger partial charge on any atom is 0.0988 e. The van der Waals surface area contributed by atoms with E-state index in [0.717, 1.165) is 13.1 Å². The molecule has 1 aliphatic heterocycles. The lowest BCUT2D eigenvalue weighted by Gasteiger charge is -2.29. The average Bonchev–Trinajstić information content (AvgIpc) is 2.56. The van der Waals surface area contributed by atoms with Gasteiger partial charge in [-0.25, -0.2) is 0 Å². The Bertz CT molecular complexity index is 315. The number of rotatable bonds is 4. The first-order valence-corrected chi connectivity index (χ1v) is 6.41. The highest BCUT2D eigenvalue weighted by atomic mass is 15.4.